The Morgan fingerprint density at radius 3 is 2.41 bits per heavy atom. The summed E-state index contributed by atoms with van der Waals surface area (Å²) in [6.07, 6.45) is 1.51. The Morgan fingerprint density at radius 2 is 1.68 bits per heavy atom. The minimum atomic E-state index is -0.542. The molecule has 1 amide bonds. The van der Waals surface area contributed by atoms with Gasteiger partial charge in [-0.05, 0) is 84.1 Å². The van der Waals surface area contributed by atoms with Crippen LogP contribution < -0.4 is 10.1 Å². The summed E-state index contributed by atoms with van der Waals surface area (Å²) in [5.41, 5.74) is 2.11. The first-order chi connectivity index (χ1) is 16.5. The van der Waals surface area contributed by atoms with Crippen LogP contribution in [0.3, 0.4) is 0 Å². The van der Waals surface area contributed by atoms with Crippen molar-refractivity contribution in [3.05, 3.63) is 110 Å². The van der Waals surface area contributed by atoms with E-state index in [2.05, 4.69) is 55.4 Å². The van der Waals surface area contributed by atoms with Gasteiger partial charge in [-0.25, -0.2) is 0 Å². The maximum Gasteiger partial charge on any atom is 0.266 e. The van der Waals surface area contributed by atoms with E-state index in [0.717, 1.165) is 16.3 Å². The number of halogens is 3. The molecule has 1 N–H and O–H groups in total. The van der Waals surface area contributed by atoms with Gasteiger partial charge < -0.3 is 10.1 Å². The molecule has 0 unspecified atom stereocenters. The number of para-hydroxylation sites is 1. The zero-order chi connectivity index (χ0) is 24.1. The number of nitrogens with one attached hydrogen (secondary N) is 1. The van der Waals surface area contributed by atoms with Gasteiger partial charge in [0, 0.05) is 0 Å². The Hall–Kier alpha value is -3.11. The number of carbonyl (C=O) groups is 1. The van der Waals surface area contributed by atoms with E-state index in [-0.39, 0.29) is 5.57 Å². The molecule has 168 valence electrons. The number of fused-ring (bicyclic) bond motifs is 1. The zero-order valence-electron chi connectivity index (χ0n) is 17.7. The van der Waals surface area contributed by atoms with Crippen LogP contribution in [0.2, 0.25) is 5.02 Å². The number of nitriles is 1. The van der Waals surface area contributed by atoms with Gasteiger partial charge >= 0.3 is 0 Å². The molecule has 4 aromatic rings. The summed E-state index contributed by atoms with van der Waals surface area (Å²) >= 11 is 13.2. The molecule has 0 aromatic heterocycles. The Balaban J connectivity index is 1.54. The quantitative estimate of drug-likeness (QED) is 0.181. The fourth-order valence-corrected chi connectivity index (χ4v) is 5.07. The molecule has 0 spiro atoms. The summed E-state index contributed by atoms with van der Waals surface area (Å²) in [7, 11) is 0. The van der Waals surface area contributed by atoms with Crippen LogP contribution in [-0.2, 0) is 11.4 Å². The third-order valence-corrected chi connectivity index (χ3v) is 6.58. The zero-order valence-corrected chi connectivity index (χ0v) is 21.6. The van der Waals surface area contributed by atoms with E-state index in [9.17, 15) is 10.1 Å². The van der Waals surface area contributed by atoms with E-state index < -0.39 is 5.91 Å². The van der Waals surface area contributed by atoms with E-state index in [1.165, 1.54) is 6.08 Å². The summed E-state index contributed by atoms with van der Waals surface area (Å²) in [4.78, 5) is 12.6. The van der Waals surface area contributed by atoms with Crippen molar-refractivity contribution in [3.63, 3.8) is 0 Å². The first kappa shape index (κ1) is 24.0. The summed E-state index contributed by atoms with van der Waals surface area (Å²) in [6.45, 7) is 0.386. The van der Waals surface area contributed by atoms with Crippen LogP contribution in [0.5, 0.6) is 5.75 Å². The SMILES string of the molecule is N#C/C(=C\c1cc(Br)c(OCc2cccc3ccccc23)c(Br)c1)C(=O)Nc1ccccc1Cl. The highest BCUT2D eigenvalue weighted by atomic mass is 79.9. The van der Waals surface area contributed by atoms with Crippen molar-refractivity contribution in [2.45, 2.75) is 6.61 Å². The predicted molar refractivity (Wildman–Crippen MR) is 144 cm³/mol. The summed E-state index contributed by atoms with van der Waals surface area (Å²) < 4.78 is 7.50. The van der Waals surface area contributed by atoms with E-state index in [4.69, 9.17) is 16.3 Å². The van der Waals surface area contributed by atoms with Crippen molar-refractivity contribution in [3.8, 4) is 11.8 Å². The van der Waals surface area contributed by atoms with Crippen molar-refractivity contribution in [2.75, 3.05) is 5.32 Å². The molecule has 7 heteroatoms. The summed E-state index contributed by atoms with van der Waals surface area (Å²) in [5, 5.41) is 14.9. The Kier molecular flexibility index (Phi) is 7.69. The normalized spacial score (nSPS) is 11.2. The standard InChI is InChI=1S/C27H17Br2ClN2O2/c28-22-13-17(12-20(15-31)27(33)32-25-11-4-3-10-24(25)30)14-23(29)26(22)34-16-19-8-5-7-18-6-1-2-9-21(18)19/h1-14H,16H2,(H,32,33)/b20-12+. The van der Waals surface area contributed by atoms with Crippen LogP contribution >= 0.6 is 43.5 Å². The van der Waals surface area contributed by atoms with Gasteiger partial charge in [0.05, 0.1) is 19.7 Å². The largest absolute Gasteiger partial charge is 0.487 e. The molecule has 0 radical (unpaired) electrons. The molecule has 0 aliphatic rings. The van der Waals surface area contributed by atoms with Crippen LogP contribution in [-0.4, -0.2) is 5.91 Å². The smallest absolute Gasteiger partial charge is 0.266 e. The Morgan fingerprint density at radius 1 is 1.00 bits per heavy atom. The van der Waals surface area contributed by atoms with Crippen LogP contribution in [0.15, 0.2) is 93.4 Å². The fourth-order valence-electron chi connectivity index (χ4n) is 3.44. The van der Waals surface area contributed by atoms with Gasteiger partial charge in [-0.2, -0.15) is 5.26 Å². The van der Waals surface area contributed by atoms with Gasteiger partial charge in [-0.1, -0.05) is 66.2 Å². The molecule has 0 atom stereocenters. The molecule has 4 rings (SSSR count). The van der Waals surface area contributed by atoms with Gasteiger partial charge in [-0.3, -0.25) is 4.79 Å². The highest BCUT2D eigenvalue weighted by Gasteiger charge is 2.14. The minimum Gasteiger partial charge on any atom is -0.487 e. The third-order valence-electron chi connectivity index (χ3n) is 5.07. The predicted octanol–water partition coefficient (Wildman–Crippen LogP) is 8.14. The fraction of sp³-hybridized carbons (Fsp3) is 0.0370. The molecule has 4 nitrogen and oxygen atoms in total. The second kappa shape index (κ2) is 10.9. The molecule has 0 saturated heterocycles. The van der Waals surface area contributed by atoms with Crippen molar-refractivity contribution in [1.82, 2.24) is 0 Å². The molecule has 34 heavy (non-hydrogen) atoms. The molecular weight excluding hydrogens is 580 g/mol. The Labute approximate surface area is 219 Å². The van der Waals surface area contributed by atoms with E-state index in [1.54, 1.807) is 36.4 Å². The van der Waals surface area contributed by atoms with Crippen molar-refractivity contribution >= 4 is 71.9 Å². The maximum absolute atomic E-state index is 12.6. The number of rotatable bonds is 6. The topological polar surface area (TPSA) is 62.1 Å². The Bertz CT molecular complexity index is 1430. The number of carbonyl (C=O) groups excluding carboxylic acids is 1. The van der Waals surface area contributed by atoms with Crippen LogP contribution in [0.1, 0.15) is 11.1 Å². The minimum absolute atomic E-state index is 0.0526. The molecule has 0 bridgehead atoms. The number of hydrogen-bond donors (Lipinski definition) is 1. The number of ether oxygens (including phenoxy) is 1. The van der Waals surface area contributed by atoms with Crippen LogP contribution in [0.4, 0.5) is 5.69 Å². The molecule has 4 aromatic carbocycles. The lowest BCUT2D eigenvalue weighted by molar-refractivity contribution is -0.112. The second-order valence-corrected chi connectivity index (χ2v) is 9.46. The van der Waals surface area contributed by atoms with E-state index in [1.807, 2.05) is 30.3 Å². The first-order valence-corrected chi connectivity index (χ1v) is 12.2. The highest BCUT2D eigenvalue weighted by molar-refractivity contribution is 9.11. The van der Waals surface area contributed by atoms with Crippen molar-refractivity contribution < 1.29 is 9.53 Å². The molecular formula is C27H17Br2ClN2O2. The van der Waals surface area contributed by atoms with Gasteiger partial charge in [0.1, 0.15) is 24.0 Å². The van der Waals surface area contributed by atoms with E-state index >= 15 is 0 Å². The lowest BCUT2D eigenvalue weighted by atomic mass is 10.1. The van der Waals surface area contributed by atoms with Crippen molar-refractivity contribution in [2.24, 2.45) is 0 Å². The van der Waals surface area contributed by atoms with Crippen LogP contribution in [0, 0.1) is 11.3 Å². The summed E-state index contributed by atoms with van der Waals surface area (Å²) in [5.74, 6) is 0.0863. The van der Waals surface area contributed by atoms with Crippen LogP contribution in [0.25, 0.3) is 16.8 Å². The van der Waals surface area contributed by atoms with Gasteiger partial charge in [0.2, 0.25) is 0 Å². The lowest BCUT2D eigenvalue weighted by Crippen LogP contribution is -2.13. The molecule has 0 heterocycles. The number of hydrogen-bond acceptors (Lipinski definition) is 3. The molecule has 0 saturated carbocycles. The average molecular weight is 597 g/mol. The van der Waals surface area contributed by atoms with Gasteiger partial charge in [-0.15, -0.1) is 0 Å². The number of anilines is 1. The highest BCUT2D eigenvalue weighted by Crippen LogP contribution is 2.36. The monoisotopic (exact) mass is 594 g/mol. The molecule has 0 fully saturated rings. The number of benzene rings is 4. The van der Waals surface area contributed by atoms with E-state index in [0.29, 0.717) is 37.6 Å². The number of amides is 1. The number of nitrogens with zero attached hydrogens (tertiary/aromatic N) is 1. The maximum atomic E-state index is 12.6. The van der Waals surface area contributed by atoms with Gasteiger partial charge in [0.15, 0.2) is 0 Å². The second-order valence-electron chi connectivity index (χ2n) is 7.34. The molecule has 0 aliphatic carbocycles. The lowest BCUT2D eigenvalue weighted by Gasteiger charge is -2.13. The van der Waals surface area contributed by atoms with Crippen molar-refractivity contribution in [1.29, 1.82) is 5.26 Å². The summed E-state index contributed by atoms with van der Waals surface area (Å²) in [6, 6.07) is 26.7. The molecule has 0 aliphatic heterocycles. The first-order valence-electron chi connectivity index (χ1n) is 10.2. The third kappa shape index (κ3) is 5.51. The van der Waals surface area contributed by atoms with Gasteiger partial charge in [0.25, 0.3) is 5.91 Å². The average Bonchev–Trinajstić information content (AvgIpc) is 2.83.